The lowest BCUT2D eigenvalue weighted by atomic mass is 9.97. The van der Waals surface area contributed by atoms with Crippen molar-refractivity contribution in [3.63, 3.8) is 0 Å². The third-order valence-corrected chi connectivity index (χ3v) is 5.06. The van der Waals surface area contributed by atoms with Crippen LogP contribution in [0.2, 0.25) is 0 Å². The Kier molecular flexibility index (Phi) is 4.90. The van der Waals surface area contributed by atoms with Gasteiger partial charge in [0, 0.05) is 13.7 Å². The fourth-order valence-electron chi connectivity index (χ4n) is 3.65. The van der Waals surface area contributed by atoms with Crippen molar-refractivity contribution in [2.75, 3.05) is 27.4 Å². The van der Waals surface area contributed by atoms with Crippen molar-refractivity contribution in [2.24, 2.45) is 0 Å². The van der Waals surface area contributed by atoms with Gasteiger partial charge in [0.05, 0.1) is 36.3 Å². The summed E-state index contributed by atoms with van der Waals surface area (Å²) in [6.45, 7) is 0.600. The van der Waals surface area contributed by atoms with Crippen LogP contribution in [0.25, 0.3) is 11.0 Å². The standard InChI is InChI=1S/C22H19NO6/c1-27-12-11-23-18(13-7-9-14(10-8-13)22(26)28-2)17-19(24)15-5-3-4-6-16(15)29-20(17)21(23)25/h3-10,18H,11-12H2,1-2H3/t18-/m0/s1. The molecule has 1 amide bonds. The van der Waals surface area contributed by atoms with Crippen LogP contribution in [0, 0.1) is 0 Å². The van der Waals surface area contributed by atoms with Crippen molar-refractivity contribution in [3.8, 4) is 0 Å². The van der Waals surface area contributed by atoms with E-state index in [4.69, 9.17) is 13.9 Å². The maximum Gasteiger partial charge on any atom is 0.337 e. The number of methoxy groups -OCH3 is 2. The summed E-state index contributed by atoms with van der Waals surface area (Å²) in [7, 11) is 2.86. The summed E-state index contributed by atoms with van der Waals surface area (Å²) in [6.07, 6.45) is 0. The monoisotopic (exact) mass is 393 g/mol. The molecule has 1 aromatic heterocycles. The van der Waals surface area contributed by atoms with E-state index in [1.807, 2.05) is 0 Å². The summed E-state index contributed by atoms with van der Waals surface area (Å²) in [4.78, 5) is 39.6. The van der Waals surface area contributed by atoms with Gasteiger partial charge >= 0.3 is 5.97 Å². The molecule has 4 rings (SSSR count). The van der Waals surface area contributed by atoms with Gasteiger partial charge in [0.1, 0.15) is 5.58 Å². The van der Waals surface area contributed by atoms with Gasteiger partial charge in [-0.3, -0.25) is 9.59 Å². The number of ether oxygens (including phenoxy) is 2. The molecule has 7 heteroatoms. The van der Waals surface area contributed by atoms with Crippen molar-refractivity contribution >= 4 is 22.8 Å². The Morgan fingerprint density at radius 2 is 1.79 bits per heavy atom. The second kappa shape index (κ2) is 7.52. The predicted molar refractivity (Wildman–Crippen MR) is 105 cm³/mol. The minimum absolute atomic E-state index is 0.0480. The van der Waals surface area contributed by atoms with E-state index < -0.39 is 12.0 Å². The van der Waals surface area contributed by atoms with Crippen molar-refractivity contribution in [1.29, 1.82) is 0 Å². The number of carbonyl (C=O) groups excluding carboxylic acids is 2. The summed E-state index contributed by atoms with van der Waals surface area (Å²) in [5.74, 6) is -0.769. The molecule has 0 N–H and O–H groups in total. The minimum Gasteiger partial charge on any atom is -0.465 e. The molecule has 0 unspecified atom stereocenters. The summed E-state index contributed by atoms with van der Waals surface area (Å²) in [5, 5.41) is 0.420. The third kappa shape index (κ3) is 3.09. The van der Waals surface area contributed by atoms with E-state index in [9.17, 15) is 14.4 Å². The maximum absolute atomic E-state index is 13.2. The largest absolute Gasteiger partial charge is 0.465 e. The molecule has 148 valence electrons. The molecule has 3 aromatic rings. The highest BCUT2D eigenvalue weighted by atomic mass is 16.5. The second-order valence-electron chi connectivity index (χ2n) is 6.68. The highest BCUT2D eigenvalue weighted by Gasteiger charge is 2.42. The highest BCUT2D eigenvalue weighted by molar-refractivity contribution is 5.99. The van der Waals surface area contributed by atoms with Gasteiger partial charge in [-0.15, -0.1) is 0 Å². The number of fused-ring (bicyclic) bond motifs is 2. The molecule has 0 aliphatic carbocycles. The van der Waals surface area contributed by atoms with Crippen LogP contribution in [0.15, 0.2) is 57.7 Å². The molecule has 1 atom stereocenters. The molecular formula is C22H19NO6. The van der Waals surface area contributed by atoms with Gasteiger partial charge < -0.3 is 18.8 Å². The molecule has 0 radical (unpaired) electrons. The number of nitrogens with zero attached hydrogens (tertiary/aromatic N) is 1. The lowest BCUT2D eigenvalue weighted by molar-refractivity contribution is 0.0599. The first-order valence-corrected chi connectivity index (χ1v) is 9.10. The summed E-state index contributed by atoms with van der Waals surface area (Å²) >= 11 is 0. The number of carbonyl (C=O) groups is 2. The molecule has 0 spiro atoms. The van der Waals surface area contributed by atoms with Gasteiger partial charge in [0.15, 0.2) is 5.43 Å². The zero-order chi connectivity index (χ0) is 20.5. The number of rotatable bonds is 5. The van der Waals surface area contributed by atoms with E-state index in [0.29, 0.717) is 40.8 Å². The van der Waals surface area contributed by atoms with Gasteiger partial charge in [-0.25, -0.2) is 4.79 Å². The van der Waals surface area contributed by atoms with Gasteiger partial charge in [-0.2, -0.15) is 0 Å². The predicted octanol–water partition coefficient (Wildman–Crippen LogP) is 2.77. The first kappa shape index (κ1) is 18.9. The highest BCUT2D eigenvalue weighted by Crippen LogP contribution is 2.37. The fraction of sp³-hybridized carbons (Fsp3) is 0.227. The zero-order valence-corrected chi connectivity index (χ0v) is 16.0. The number of benzene rings is 2. The first-order valence-electron chi connectivity index (χ1n) is 9.10. The Balaban J connectivity index is 1.89. The Morgan fingerprint density at radius 1 is 1.07 bits per heavy atom. The van der Waals surface area contributed by atoms with Crippen LogP contribution in [0.5, 0.6) is 0 Å². The Labute approximate surface area is 166 Å². The molecule has 0 fully saturated rings. The number of para-hydroxylation sites is 1. The Bertz CT molecular complexity index is 1150. The Morgan fingerprint density at radius 3 is 2.48 bits per heavy atom. The molecule has 0 saturated heterocycles. The lowest BCUT2D eigenvalue weighted by Gasteiger charge is -2.24. The van der Waals surface area contributed by atoms with Crippen LogP contribution < -0.4 is 5.43 Å². The average Bonchev–Trinajstić information content (AvgIpc) is 3.04. The molecule has 0 bridgehead atoms. The molecule has 29 heavy (non-hydrogen) atoms. The average molecular weight is 393 g/mol. The SMILES string of the molecule is COCCN1C(=O)c2oc3ccccc3c(=O)c2[C@@H]1c1ccc(C(=O)OC)cc1. The van der Waals surface area contributed by atoms with Crippen molar-refractivity contribution in [2.45, 2.75) is 6.04 Å². The van der Waals surface area contributed by atoms with Crippen LogP contribution in [-0.2, 0) is 9.47 Å². The van der Waals surface area contributed by atoms with Gasteiger partial charge in [0.25, 0.3) is 5.91 Å². The van der Waals surface area contributed by atoms with Gasteiger partial charge in [-0.05, 0) is 29.8 Å². The van der Waals surface area contributed by atoms with E-state index in [1.165, 1.54) is 7.11 Å². The van der Waals surface area contributed by atoms with E-state index in [1.54, 1.807) is 60.5 Å². The van der Waals surface area contributed by atoms with E-state index >= 15 is 0 Å². The van der Waals surface area contributed by atoms with Crippen LogP contribution in [0.4, 0.5) is 0 Å². The molecule has 2 aromatic carbocycles. The minimum atomic E-state index is -0.625. The molecule has 1 aliphatic heterocycles. The number of amides is 1. The van der Waals surface area contributed by atoms with E-state index in [-0.39, 0.29) is 17.1 Å². The maximum atomic E-state index is 13.2. The molecular weight excluding hydrogens is 374 g/mol. The smallest absolute Gasteiger partial charge is 0.337 e. The summed E-state index contributed by atoms with van der Waals surface area (Å²) in [6, 6.07) is 12.9. The van der Waals surface area contributed by atoms with Gasteiger partial charge in [0.2, 0.25) is 5.76 Å². The van der Waals surface area contributed by atoms with Crippen molar-refractivity contribution in [3.05, 3.63) is 81.2 Å². The molecule has 1 aliphatic rings. The van der Waals surface area contributed by atoms with Crippen molar-refractivity contribution in [1.82, 2.24) is 4.90 Å². The van der Waals surface area contributed by atoms with Gasteiger partial charge in [-0.1, -0.05) is 24.3 Å². The van der Waals surface area contributed by atoms with Crippen molar-refractivity contribution < 1.29 is 23.5 Å². The third-order valence-electron chi connectivity index (χ3n) is 5.06. The number of hydrogen-bond donors (Lipinski definition) is 0. The summed E-state index contributed by atoms with van der Waals surface area (Å²) < 4.78 is 15.7. The molecule has 7 nitrogen and oxygen atoms in total. The topological polar surface area (TPSA) is 86.0 Å². The van der Waals surface area contributed by atoms with E-state index in [2.05, 4.69) is 0 Å². The van der Waals surface area contributed by atoms with E-state index in [0.717, 1.165) is 0 Å². The van der Waals surface area contributed by atoms with Crippen LogP contribution in [-0.4, -0.2) is 44.1 Å². The summed E-state index contributed by atoms with van der Waals surface area (Å²) in [5.41, 5.74) is 1.52. The fourth-order valence-corrected chi connectivity index (χ4v) is 3.65. The van der Waals surface area contributed by atoms with Crippen LogP contribution in [0.1, 0.15) is 38.1 Å². The van der Waals surface area contributed by atoms with Crippen LogP contribution in [0.3, 0.4) is 0 Å². The second-order valence-corrected chi connectivity index (χ2v) is 6.68. The normalized spacial score (nSPS) is 15.6. The number of esters is 1. The first-order chi connectivity index (χ1) is 14.1. The molecule has 0 saturated carbocycles. The zero-order valence-electron chi connectivity index (χ0n) is 16.0. The van der Waals surface area contributed by atoms with Crippen LogP contribution >= 0.6 is 0 Å². The molecule has 2 heterocycles. The quantitative estimate of drug-likeness (QED) is 0.620. The number of hydrogen-bond acceptors (Lipinski definition) is 6. The lowest BCUT2D eigenvalue weighted by Crippen LogP contribution is -2.32. The Hall–Kier alpha value is -3.45.